The Balaban J connectivity index is 1.52. The lowest BCUT2D eigenvalue weighted by Crippen LogP contribution is -2.47. The van der Waals surface area contributed by atoms with Gasteiger partial charge in [-0.2, -0.15) is 0 Å². The molecule has 2 aromatic rings. The molecule has 0 aromatic heterocycles. The Morgan fingerprint density at radius 2 is 1.83 bits per heavy atom. The molecule has 0 aliphatic heterocycles. The smallest absolute Gasteiger partial charge is 0.279 e. The summed E-state index contributed by atoms with van der Waals surface area (Å²) < 4.78 is 18.9. The minimum absolute atomic E-state index is 0.0164. The van der Waals surface area contributed by atoms with Crippen molar-refractivity contribution in [2.75, 3.05) is 5.32 Å². The van der Waals surface area contributed by atoms with Gasteiger partial charge < -0.3 is 10.1 Å². The van der Waals surface area contributed by atoms with Crippen molar-refractivity contribution in [3.63, 3.8) is 0 Å². The first kappa shape index (κ1) is 20.3. The van der Waals surface area contributed by atoms with E-state index in [9.17, 15) is 18.8 Å². The molecule has 0 heterocycles. The molecule has 3 unspecified atom stereocenters. The summed E-state index contributed by atoms with van der Waals surface area (Å²) in [6, 6.07) is 12.1. The maximum Gasteiger partial charge on any atom is 0.279 e. The Hall–Kier alpha value is -3.42. The maximum absolute atomic E-state index is 13.6. The summed E-state index contributed by atoms with van der Waals surface area (Å²) in [5.74, 6) is -1.53. The van der Waals surface area contributed by atoms with Crippen LogP contribution in [-0.4, -0.2) is 23.8 Å². The van der Waals surface area contributed by atoms with Crippen LogP contribution in [-0.2, 0) is 9.59 Å². The number of carbonyl (C=O) groups excluding carboxylic acids is 3. The molecule has 0 bridgehead atoms. The summed E-state index contributed by atoms with van der Waals surface area (Å²) in [4.78, 5) is 36.4. The highest BCUT2D eigenvalue weighted by molar-refractivity contribution is 5.99. The Bertz CT molecular complexity index is 934. The van der Waals surface area contributed by atoms with Gasteiger partial charge in [-0.3, -0.25) is 25.2 Å². The van der Waals surface area contributed by atoms with Crippen molar-refractivity contribution >= 4 is 23.4 Å². The Labute approximate surface area is 167 Å². The normalized spacial score (nSPS) is 18.3. The van der Waals surface area contributed by atoms with Gasteiger partial charge in [-0.1, -0.05) is 25.1 Å². The van der Waals surface area contributed by atoms with Gasteiger partial charge in [0, 0.05) is 17.2 Å². The number of para-hydroxylation sites is 1. The van der Waals surface area contributed by atoms with E-state index in [0.29, 0.717) is 11.6 Å². The zero-order chi connectivity index (χ0) is 21.0. The van der Waals surface area contributed by atoms with Gasteiger partial charge in [0.25, 0.3) is 11.8 Å². The minimum Gasteiger partial charge on any atom is -0.478 e. The zero-order valence-electron chi connectivity index (χ0n) is 16.1. The lowest BCUT2D eigenvalue weighted by molar-refractivity contribution is -0.128. The lowest BCUT2D eigenvalue weighted by atomic mass is 10.2. The molecule has 152 valence electrons. The van der Waals surface area contributed by atoms with Crippen molar-refractivity contribution in [1.29, 1.82) is 0 Å². The average molecular weight is 399 g/mol. The number of hydrogen-bond donors (Lipinski definition) is 3. The van der Waals surface area contributed by atoms with E-state index in [0.717, 1.165) is 6.42 Å². The molecular weight excluding hydrogens is 377 g/mol. The van der Waals surface area contributed by atoms with E-state index < -0.39 is 23.7 Å². The predicted octanol–water partition coefficient (Wildman–Crippen LogP) is 2.65. The number of benzene rings is 2. The van der Waals surface area contributed by atoms with Crippen molar-refractivity contribution in [2.24, 2.45) is 11.8 Å². The molecule has 0 radical (unpaired) electrons. The van der Waals surface area contributed by atoms with Crippen molar-refractivity contribution in [3.8, 4) is 5.75 Å². The van der Waals surface area contributed by atoms with Crippen LogP contribution in [0.25, 0.3) is 0 Å². The molecule has 2 aromatic carbocycles. The quantitative estimate of drug-likeness (QED) is 0.651. The number of anilines is 1. The zero-order valence-corrected chi connectivity index (χ0v) is 16.1. The SMILES string of the molecule is CC(Oc1ccccc1F)C(=O)NNC(=O)c1cccc(NC(=O)C2CC2C)c1. The van der Waals surface area contributed by atoms with Crippen molar-refractivity contribution in [2.45, 2.75) is 26.4 Å². The second-order valence-electron chi connectivity index (χ2n) is 7.02. The van der Waals surface area contributed by atoms with Crippen LogP contribution >= 0.6 is 0 Å². The van der Waals surface area contributed by atoms with Crippen molar-refractivity contribution in [1.82, 2.24) is 10.9 Å². The Kier molecular flexibility index (Phi) is 6.11. The first-order valence-corrected chi connectivity index (χ1v) is 9.27. The summed E-state index contributed by atoms with van der Waals surface area (Å²) in [6.45, 7) is 3.44. The highest BCUT2D eigenvalue weighted by Gasteiger charge is 2.39. The van der Waals surface area contributed by atoms with Crippen molar-refractivity contribution in [3.05, 3.63) is 59.9 Å². The molecule has 1 aliphatic rings. The second-order valence-corrected chi connectivity index (χ2v) is 7.02. The number of hydrazine groups is 1. The number of hydrogen-bond acceptors (Lipinski definition) is 4. The number of amides is 3. The molecule has 8 heteroatoms. The van der Waals surface area contributed by atoms with Crippen LogP contribution in [0.2, 0.25) is 0 Å². The maximum atomic E-state index is 13.6. The molecule has 1 saturated carbocycles. The third kappa shape index (κ3) is 5.31. The van der Waals surface area contributed by atoms with E-state index in [-0.39, 0.29) is 23.1 Å². The molecule has 3 rings (SSSR count). The number of ether oxygens (including phenoxy) is 1. The van der Waals surface area contributed by atoms with Gasteiger partial charge in [0.2, 0.25) is 5.91 Å². The van der Waals surface area contributed by atoms with Gasteiger partial charge in [0.05, 0.1) is 0 Å². The average Bonchev–Trinajstić information content (AvgIpc) is 3.44. The molecule has 3 atom stereocenters. The van der Waals surface area contributed by atoms with E-state index in [1.807, 2.05) is 6.92 Å². The van der Waals surface area contributed by atoms with Crippen LogP contribution in [0, 0.1) is 17.7 Å². The number of rotatable bonds is 6. The van der Waals surface area contributed by atoms with E-state index in [4.69, 9.17) is 4.74 Å². The number of halogens is 1. The minimum atomic E-state index is -1.03. The van der Waals surface area contributed by atoms with Crippen molar-refractivity contribution < 1.29 is 23.5 Å². The van der Waals surface area contributed by atoms with Gasteiger partial charge in [-0.15, -0.1) is 0 Å². The van der Waals surface area contributed by atoms with Gasteiger partial charge in [-0.25, -0.2) is 4.39 Å². The first-order chi connectivity index (χ1) is 13.8. The third-order valence-electron chi connectivity index (χ3n) is 4.65. The fourth-order valence-corrected chi connectivity index (χ4v) is 2.74. The fraction of sp³-hybridized carbons (Fsp3) is 0.286. The van der Waals surface area contributed by atoms with Crippen LogP contribution in [0.5, 0.6) is 5.75 Å². The first-order valence-electron chi connectivity index (χ1n) is 9.27. The molecule has 1 aliphatic carbocycles. The van der Waals surface area contributed by atoms with Gasteiger partial charge in [-0.05, 0) is 49.6 Å². The predicted molar refractivity (Wildman–Crippen MR) is 104 cm³/mol. The summed E-state index contributed by atoms with van der Waals surface area (Å²) in [6.07, 6.45) is -0.163. The Morgan fingerprint density at radius 3 is 2.52 bits per heavy atom. The van der Waals surface area contributed by atoms with Gasteiger partial charge in [0.1, 0.15) is 0 Å². The van der Waals surface area contributed by atoms with E-state index >= 15 is 0 Å². The highest BCUT2D eigenvalue weighted by Crippen LogP contribution is 2.38. The van der Waals surface area contributed by atoms with Crippen LogP contribution in [0.3, 0.4) is 0 Å². The van der Waals surface area contributed by atoms with E-state index in [1.165, 1.54) is 31.2 Å². The van der Waals surface area contributed by atoms with E-state index in [1.54, 1.807) is 24.3 Å². The monoisotopic (exact) mass is 399 g/mol. The van der Waals surface area contributed by atoms with E-state index in [2.05, 4.69) is 16.2 Å². The molecule has 3 amide bonds. The molecule has 3 N–H and O–H groups in total. The molecular formula is C21H22FN3O4. The summed E-state index contributed by atoms with van der Waals surface area (Å²) in [7, 11) is 0. The Morgan fingerprint density at radius 1 is 1.10 bits per heavy atom. The standard InChI is InChI=1S/C21H22FN3O4/c1-12-10-16(12)21(28)23-15-7-5-6-14(11-15)20(27)25-24-19(26)13(2)29-18-9-4-3-8-17(18)22/h3-9,11-13,16H,10H2,1-2H3,(H,23,28)(H,24,26)(H,25,27). The third-order valence-corrected chi connectivity index (χ3v) is 4.65. The van der Waals surface area contributed by atoms with Gasteiger partial charge in [0.15, 0.2) is 17.7 Å². The fourth-order valence-electron chi connectivity index (χ4n) is 2.74. The number of carbonyl (C=O) groups is 3. The lowest BCUT2D eigenvalue weighted by Gasteiger charge is -2.15. The van der Waals surface area contributed by atoms with Crippen LogP contribution in [0.4, 0.5) is 10.1 Å². The van der Waals surface area contributed by atoms with Crippen LogP contribution in [0.15, 0.2) is 48.5 Å². The molecule has 7 nitrogen and oxygen atoms in total. The second kappa shape index (κ2) is 8.72. The molecule has 0 spiro atoms. The van der Waals surface area contributed by atoms with Crippen LogP contribution in [0.1, 0.15) is 30.6 Å². The van der Waals surface area contributed by atoms with Gasteiger partial charge >= 0.3 is 0 Å². The largest absolute Gasteiger partial charge is 0.478 e. The molecule has 0 saturated heterocycles. The topological polar surface area (TPSA) is 96.5 Å². The molecule has 29 heavy (non-hydrogen) atoms. The highest BCUT2D eigenvalue weighted by atomic mass is 19.1. The summed E-state index contributed by atoms with van der Waals surface area (Å²) in [5, 5.41) is 2.78. The van der Waals surface area contributed by atoms with Crippen LogP contribution < -0.4 is 20.9 Å². The molecule has 1 fully saturated rings. The number of nitrogens with one attached hydrogen (secondary N) is 3. The summed E-state index contributed by atoms with van der Waals surface area (Å²) >= 11 is 0. The summed E-state index contributed by atoms with van der Waals surface area (Å²) in [5.41, 5.74) is 5.28.